The minimum absolute atomic E-state index is 0.0738. The third-order valence-corrected chi connectivity index (χ3v) is 2.87. The number of nitrogens with one attached hydrogen (secondary N) is 1. The van der Waals surface area contributed by atoms with Gasteiger partial charge in [0.25, 0.3) is 0 Å². The van der Waals surface area contributed by atoms with Crippen molar-refractivity contribution >= 4 is 0 Å². The van der Waals surface area contributed by atoms with Crippen LogP contribution in [0.2, 0.25) is 0 Å². The zero-order valence-electron chi connectivity index (χ0n) is 10.5. The van der Waals surface area contributed by atoms with E-state index in [1.807, 2.05) is 19.3 Å². The second kappa shape index (κ2) is 7.34. The summed E-state index contributed by atoms with van der Waals surface area (Å²) < 4.78 is 0. The predicted molar refractivity (Wildman–Crippen MR) is 69.5 cm³/mol. The van der Waals surface area contributed by atoms with E-state index >= 15 is 0 Å². The summed E-state index contributed by atoms with van der Waals surface area (Å²) in [5.41, 5.74) is 5.87. The Balaban J connectivity index is 2.17. The van der Waals surface area contributed by atoms with Crippen molar-refractivity contribution in [1.29, 1.82) is 0 Å². The Bertz CT molecular complexity index is 233. The van der Waals surface area contributed by atoms with Gasteiger partial charge in [0.05, 0.1) is 6.17 Å². The van der Waals surface area contributed by atoms with Gasteiger partial charge in [0.2, 0.25) is 0 Å². The zero-order chi connectivity index (χ0) is 11.8. The summed E-state index contributed by atoms with van der Waals surface area (Å²) in [6.07, 6.45) is 15.1. The molecule has 0 saturated heterocycles. The molecule has 92 valence electrons. The van der Waals surface area contributed by atoms with Gasteiger partial charge >= 0.3 is 0 Å². The van der Waals surface area contributed by atoms with Crippen LogP contribution in [0.5, 0.6) is 0 Å². The average molecular weight is 223 g/mol. The number of hydrogen-bond donors (Lipinski definition) is 2. The molecule has 0 radical (unpaired) electrons. The van der Waals surface area contributed by atoms with E-state index in [2.05, 4.69) is 29.3 Å². The third kappa shape index (κ3) is 4.27. The Hall–Kier alpha value is -0.960. The van der Waals surface area contributed by atoms with Crippen LogP contribution in [0.4, 0.5) is 0 Å². The SMILES string of the molecule is CCCCC/C=C/CC1NC=CN1C(C)N. The second-order valence-electron chi connectivity index (χ2n) is 4.39. The molecule has 0 bridgehead atoms. The minimum Gasteiger partial charge on any atom is -0.370 e. The van der Waals surface area contributed by atoms with Crippen molar-refractivity contribution in [2.75, 3.05) is 0 Å². The Morgan fingerprint density at radius 3 is 2.94 bits per heavy atom. The van der Waals surface area contributed by atoms with Gasteiger partial charge in [-0.25, -0.2) is 0 Å². The van der Waals surface area contributed by atoms with Crippen LogP contribution in [0.15, 0.2) is 24.6 Å². The summed E-state index contributed by atoms with van der Waals surface area (Å²) >= 11 is 0. The highest BCUT2D eigenvalue weighted by Crippen LogP contribution is 2.11. The molecule has 0 aromatic rings. The van der Waals surface area contributed by atoms with Crippen LogP contribution in [0.1, 0.15) is 46.0 Å². The third-order valence-electron chi connectivity index (χ3n) is 2.87. The maximum absolute atomic E-state index is 5.87. The molecule has 1 aliphatic heterocycles. The summed E-state index contributed by atoms with van der Waals surface area (Å²) in [6, 6.07) is 0. The van der Waals surface area contributed by atoms with Crippen LogP contribution in [0.25, 0.3) is 0 Å². The molecule has 3 N–H and O–H groups in total. The molecule has 1 heterocycles. The molecule has 1 aliphatic rings. The topological polar surface area (TPSA) is 41.3 Å². The Morgan fingerprint density at radius 1 is 1.44 bits per heavy atom. The van der Waals surface area contributed by atoms with Crippen LogP contribution >= 0.6 is 0 Å². The number of unbranched alkanes of at least 4 members (excludes halogenated alkanes) is 3. The van der Waals surface area contributed by atoms with E-state index in [1.165, 1.54) is 25.7 Å². The molecule has 0 fully saturated rings. The average Bonchev–Trinajstić information content (AvgIpc) is 2.71. The first-order valence-corrected chi connectivity index (χ1v) is 6.36. The molecule has 3 heteroatoms. The fourth-order valence-electron chi connectivity index (χ4n) is 1.89. The quantitative estimate of drug-likeness (QED) is 0.515. The van der Waals surface area contributed by atoms with Gasteiger partial charge in [0.1, 0.15) is 6.17 Å². The van der Waals surface area contributed by atoms with Gasteiger partial charge in [-0.2, -0.15) is 0 Å². The first-order chi connectivity index (χ1) is 7.75. The lowest BCUT2D eigenvalue weighted by Crippen LogP contribution is -2.44. The highest BCUT2D eigenvalue weighted by molar-refractivity contribution is 4.99. The lowest BCUT2D eigenvalue weighted by molar-refractivity contribution is 0.223. The first-order valence-electron chi connectivity index (χ1n) is 6.36. The molecule has 2 atom stereocenters. The van der Waals surface area contributed by atoms with E-state index in [-0.39, 0.29) is 6.17 Å². The van der Waals surface area contributed by atoms with Gasteiger partial charge in [-0.1, -0.05) is 31.9 Å². The van der Waals surface area contributed by atoms with E-state index in [4.69, 9.17) is 5.73 Å². The van der Waals surface area contributed by atoms with Crippen molar-refractivity contribution in [3.63, 3.8) is 0 Å². The highest BCUT2D eigenvalue weighted by Gasteiger charge is 2.19. The van der Waals surface area contributed by atoms with Crippen LogP contribution < -0.4 is 11.1 Å². The molecule has 1 rings (SSSR count). The first kappa shape index (κ1) is 13.1. The normalized spacial score (nSPS) is 21.7. The molecular formula is C13H25N3. The largest absolute Gasteiger partial charge is 0.370 e. The van der Waals surface area contributed by atoms with Crippen molar-refractivity contribution in [3.8, 4) is 0 Å². The van der Waals surface area contributed by atoms with Gasteiger partial charge in [-0.3, -0.25) is 0 Å². The molecule has 0 aromatic heterocycles. The van der Waals surface area contributed by atoms with Gasteiger partial charge in [0, 0.05) is 18.8 Å². The Morgan fingerprint density at radius 2 is 2.25 bits per heavy atom. The number of hydrogen-bond acceptors (Lipinski definition) is 3. The lowest BCUT2D eigenvalue weighted by atomic mass is 10.2. The number of nitrogens with two attached hydrogens (primary N) is 1. The highest BCUT2D eigenvalue weighted by atomic mass is 15.3. The van der Waals surface area contributed by atoms with Gasteiger partial charge < -0.3 is 16.0 Å². The molecule has 0 aromatic carbocycles. The number of allylic oxidation sites excluding steroid dienone is 1. The summed E-state index contributed by atoms with van der Waals surface area (Å²) in [5.74, 6) is 0. The summed E-state index contributed by atoms with van der Waals surface area (Å²) in [5, 5.41) is 3.30. The Labute approximate surface area is 99.4 Å². The van der Waals surface area contributed by atoms with Gasteiger partial charge in [-0.15, -0.1) is 0 Å². The predicted octanol–water partition coefficient (Wildman–Crippen LogP) is 2.52. The van der Waals surface area contributed by atoms with E-state index in [0.717, 1.165) is 6.42 Å². The standard InChI is InChI=1S/C13H25N3/c1-3-4-5-6-7-8-9-13-15-10-11-16(13)12(2)14/h7-8,10-13,15H,3-6,9,14H2,1-2H3/b8-7+. The van der Waals surface area contributed by atoms with Crippen molar-refractivity contribution in [2.24, 2.45) is 5.73 Å². The van der Waals surface area contributed by atoms with Crippen LogP contribution in [-0.4, -0.2) is 17.2 Å². The van der Waals surface area contributed by atoms with E-state index < -0.39 is 0 Å². The molecule has 2 unspecified atom stereocenters. The molecule has 0 amide bonds. The number of nitrogens with zero attached hydrogens (tertiary/aromatic N) is 1. The van der Waals surface area contributed by atoms with E-state index in [1.54, 1.807) is 0 Å². The molecule has 3 nitrogen and oxygen atoms in total. The van der Waals surface area contributed by atoms with Gasteiger partial charge in [0.15, 0.2) is 0 Å². The summed E-state index contributed by atoms with van der Waals surface area (Å²) in [4.78, 5) is 2.15. The maximum Gasteiger partial charge on any atom is 0.103 e. The molecule has 0 spiro atoms. The van der Waals surface area contributed by atoms with Crippen molar-refractivity contribution in [1.82, 2.24) is 10.2 Å². The second-order valence-corrected chi connectivity index (χ2v) is 4.39. The monoisotopic (exact) mass is 223 g/mol. The minimum atomic E-state index is 0.0738. The summed E-state index contributed by atoms with van der Waals surface area (Å²) in [6.45, 7) is 4.24. The Kier molecular flexibility index (Phi) is 6.01. The summed E-state index contributed by atoms with van der Waals surface area (Å²) in [7, 11) is 0. The van der Waals surface area contributed by atoms with E-state index in [9.17, 15) is 0 Å². The zero-order valence-corrected chi connectivity index (χ0v) is 10.5. The molecule has 0 saturated carbocycles. The molecule has 0 aliphatic carbocycles. The number of rotatable bonds is 7. The maximum atomic E-state index is 5.87. The fraction of sp³-hybridized carbons (Fsp3) is 0.692. The van der Waals surface area contributed by atoms with Crippen LogP contribution in [0.3, 0.4) is 0 Å². The fourth-order valence-corrected chi connectivity index (χ4v) is 1.89. The van der Waals surface area contributed by atoms with Gasteiger partial charge in [-0.05, 0) is 19.8 Å². The molecule has 16 heavy (non-hydrogen) atoms. The van der Waals surface area contributed by atoms with Crippen LogP contribution in [-0.2, 0) is 0 Å². The van der Waals surface area contributed by atoms with E-state index in [0.29, 0.717) is 6.17 Å². The smallest absolute Gasteiger partial charge is 0.103 e. The molecular weight excluding hydrogens is 198 g/mol. The van der Waals surface area contributed by atoms with Crippen molar-refractivity contribution < 1.29 is 0 Å². The lowest BCUT2D eigenvalue weighted by Gasteiger charge is -2.28. The van der Waals surface area contributed by atoms with Crippen LogP contribution in [0, 0.1) is 0 Å². The van der Waals surface area contributed by atoms with Crippen molar-refractivity contribution in [3.05, 3.63) is 24.6 Å². The van der Waals surface area contributed by atoms with Crippen molar-refractivity contribution in [2.45, 2.75) is 58.3 Å².